The van der Waals surface area contributed by atoms with E-state index in [0.29, 0.717) is 12.3 Å². The quantitative estimate of drug-likeness (QED) is 0.918. The summed E-state index contributed by atoms with van der Waals surface area (Å²) < 4.78 is 7.03. The fraction of sp³-hybridized carbons (Fsp3) is 0.100. The van der Waals surface area contributed by atoms with E-state index in [4.69, 9.17) is 10.3 Å². The van der Waals surface area contributed by atoms with E-state index in [2.05, 4.69) is 37.0 Å². The zero-order valence-electron chi connectivity index (χ0n) is 7.71. The molecule has 0 radical (unpaired) electrons. The van der Waals surface area contributed by atoms with Gasteiger partial charge in [-0.2, -0.15) is 0 Å². The van der Waals surface area contributed by atoms with Gasteiger partial charge in [0.2, 0.25) is 0 Å². The molecule has 3 nitrogen and oxygen atoms in total. The lowest BCUT2D eigenvalue weighted by atomic mass is 10.1. The van der Waals surface area contributed by atoms with Crippen LogP contribution in [-0.2, 0) is 6.54 Å². The van der Waals surface area contributed by atoms with Gasteiger partial charge in [-0.25, -0.2) is 0 Å². The maximum Gasteiger partial charge on any atom is 0.150 e. The van der Waals surface area contributed by atoms with Crippen molar-refractivity contribution in [2.45, 2.75) is 6.54 Å². The number of halogens is 2. The maximum atomic E-state index is 5.44. The Kier molecular flexibility index (Phi) is 3.23. The fourth-order valence-electron chi connectivity index (χ4n) is 1.20. The molecule has 0 bridgehead atoms. The fourth-order valence-corrected chi connectivity index (χ4v) is 1.83. The van der Waals surface area contributed by atoms with E-state index in [1.807, 2.05) is 24.3 Å². The molecular formula is C10H8Br2N2O. The number of nitrogens with zero attached hydrogens (tertiary/aromatic N) is 1. The van der Waals surface area contributed by atoms with E-state index >= 15 is 0 Å². The molecule has 78 valence electrons. The minimum Gasteiger partial charge on any atom is -0.359 e. The number of aromatic nitrogens is 1. The minimum absolute atomic E-state index is 0.366. The summed E-state index contributed by atoms with van der Waals surface area (Å²) in [5, 5.41) is 3.94. The Morgan fingerprint density at radius 2 is 2.00 bits per heavy atom. The van der Waals surface area contributed by atoms with Crippen LogP contribution in [0.3, 0.4) is 0 Å². The predicted molar refractivity (Wildman–Crippen MR) is 65.2 cm³/mol. The SMILES string of the molecule is NCc1cc(-c2ccc(Br)c(Br)c2)no1. The number of hydrogen-bond acceptors (Lipinski definition) is 3. The summed E-state index contributed by atoms with van der Waals surface area (Å²) in [5.74, 6) is 0.684. The summed E-state index contributed by atoms with van der Waals surface area (Å²) in [4.78, 5) is 0. The van der Waals surface area contributed by atoms with Crippen molar-refractivity contribution in [3.63, 3.8) is 0 Å². The van der Waals surface area contributed by atoms with Gasteiger partial charge in [-0.05, 0) is 44.0 Å². The van der Waals surface area contributed by atoms with Gasteiger partial charge >= 0.3 is 0 Å². The molecule has 1 heterocycles. The Hall–Kier alpha value is -0.650. The van der Waals surface area contributed by atoms with E-state index in [-0.39, 0.29) is 0 Å². The molecule has 0 amide bonds. The zero-order chi connectivity index (χ0) is 10.8. The second kappa shape index (κ2) is 4.47. The molecule has 0 aliphatic heterocycles. The molecule has 0 aliphatic rings. The zero-order valence-corrected chi connectivity index (χ0v) is 10.9. The van der Waals surface area contributed by atoms with Gasteiger partial charge < -0.3 is 10.3 Å². The largest absolute Gasteiger partial charge is 0.359 e. The van der Waals surface area contributed by atoms with Gasteiger partial charge in [0.1, 0.15) is 5.69 Å². The number of benzene rings is 1. The van der Waals surface area contributed by atoms with Gasteiger partial charge in [-0.1, -0.05) is 11.2 Å². The third-order valence-corrected chi connectivity index (χ3v) is 3.86. The second-order valence-electron chi connectivity index (χ2n) is 3.01. The predicted octanol–water partition coefficient (Wildman–Crippen LogP) is 3.33. The Balaban J connectivity index is 2.40. The lowest BCUT2D eigenvalue weighted by Gasteiger charge is -1.98. The molecule has 2 rings (SSSR count). The van der Waals surface area contributed by atoms with E-state index in [9.17, 15) is 0 Å². The smallest absolute Gasteiger partial charge is 0.150 e. The molecular weight excluding hydrogens is 324 g/mol. The summed E-state index contributed by atoms with van der Waals surface area (Å²) in [7, 11) is 0. The Morgan fingerprint density at radius 3 is 2.60 bits per heavy atom. The molecule has 1 aromatic carbocycles. The van der Waals surface area contributed by atoms with Gasteiger partial charge in [0.05, 0.1) is 6.54 Å². The summed E-state index contributed by atoms with van der Waals surface area (Å²) in [6.07, 6.45) is 0. The minimum atomic E-state index is 0.366. The van der Waals surface area contributed by atoms with Crippen LogP contribution in [-0.4, -0.2) is 5.16 Å². The summed E-state index contributed by atoms with van der Waals surface area (Å²) in [6.45, 7) is 0.366. The van der Waals surface area contributed by atoms with E-state index < -0.39 is 0 Å². The molecule has 0 aliphatic carbocycles. The van der Waals surface area contributed by atoms with Crippen LogP contribution in [0.25, 0.3) is 11.3 Å². The number of rotatable bonds is 2. The first-order valence-corrected chi connectivity index (χ1v) is 5.90. The van der Waals surface area contributed by atoms with Crippen LogP contribution in [0.15, 0.2) is 37.7 Å². The van der Waals surface area contributed by atoms with Crippen LogP contribution in [0.1, 0.15) is 5.76 Å². The highest BCUT2D eigenvalue weighted by Gasteiger charge is 2.06. The lowest BCUT2D eigenvalue weighted by Crippen LogP contribution is -1.92. The van der Waals surface area contributed by atoms with Crippen LogP contribution >= 0.6 is 31.9 Å². The molecule has 2 aromatic rings. The van der Waals surface area contributed by atoms with Crippen LogP contribution in [0, 0.1) is 0 Å². The standard InChI is InChI=1S/C10H8Br2N2O/c11-8-2-1-6(3-9(8)12)10-4-7(5-13)15-14-10/h1-4H,5,13H2. The van der Waals surface area contributed by atoms with Crippen LogP contribution < -0.4 is 5.73 Å². The van der Waals surface area contributed by atoms with Gasteiger partial charge in [0.15, 0.2) is 5.76 Å². The molecule has 0 fully saturated rings. The highest BCUT2D eigenvalue weighted by Crippen LogP contribution is 2.28. The molecule has 0 spiro atoms. The normalized spacial score (nSPS) is 10.6. The molecule has 2 N–H and O–H groups in total. The summed E-state index contributed by atoms with van der Waals surface area (Å²) in [6, 6.07) is 7.74. The lowest BCUT2D eigenvalue weighted by molar-refractivity contribution is 0.387. The summed E-state index contributed by atoms with van der Waals surface area (Å²) in [5.41, 5.74) is 7.23. The van der Waals surface area contributed by atoms with Crippen molar-refractivity contribution in [1.82, 2.24) is 5.16 Å². The van der Waals surface area contributed by atoms with E-state index in [0.717, 1.165) is 20.2 Å². The van der Waals surface area contributed by atoms with Crippen molar-refractivity contribution in [2.24, 2.45) is 5.73 Å². The van der Waals surface area contributed by atoms with E-state index in [1.165, 1.54) is 0 Å². The first-order valence-electron chi connectivity index (χ1n) is 4.32. The average Bonchev–Trinajstić information content (AvgIpc) is 2.70. The highest BCUT2D eigenvalue weighted by molar-refractivity contribution is 9.13. The topological polar surface area (TPSA) is 52.0 Å². The van der Waals surface area contributed by atoms with Crippen molar-refractivity contribution >= 4 is 31.9 Å². The number of hydrogen-bond donors (Lipinski definition) is 1. The van der Waals surface area contributed by atoms with Crippen molar-refractivity contribution in [2.75, 3.05) is 0 Å². The monoisotopic (exact) mass is 330 g/mol. The van der Waals surface area contributed by atoms with Crippen LogP contribution in [0.4, 0.5) is 0 Å². The van der Waals surface area contributed by atoms with Gasteiger partial charge in [0, 0.05) is 20.6 Å². The Labute approximate surface area is 104 Å². The van der Waals surface area contributed by atoms with Crippen molar-refractivity contribution in [3.05, 3.63) is 39.0 Å². The van der Waals surface area contributed by atoms with Gasteiger partial charge in [-0.3, -0.25) is 0 Å². The first-order chi connectivity index (χ1) is 7.20. The molecule has 0 atom stereocenters. The Morgan fingerprint density at radius 1 is 1.20 bits per heavy atom. The number of nitrogens with two attached hydrogens (primary N) is 1. The molecule has 0 saturated heterocycles. The maximum absolute atomic E-state index is 5.44. The average molecular weight is 332 g/mol. The molecule has 0 saturated carbocycles. The second-order valence-corrected chi connectivity index (χ2v) is 4.72. The molecule has 1 aromatic heterocycles. The van der Waals surface area contributed by atoms with Crippen LogP contribution in [0.2, 0.25) is 0 Å². The first kappa shape index (κ1) is 10.9. The molecule has 0 unspecified atom stereocenters. The van der Waals surface area contributed by atoms with Crippen molar-refractivity contribution in [3.8, 4) is 11.3 Å². The van der Waals surface area contributed by atoms with Gasteiger partial charge in [0.25, 0.3) is 0 Å². The molecule has 5 heteroatoms. The van der Waals surface area contributed by atoms with Crippen LogP contribution in [0.5, 0.6) is 0 Å². The molecule has 15 heavy (non-hydrogen) atoms. The Bertz CT molecular complexity index is 482. The van der Waals surface area contributed by atoms with Gasteiger partial charge in [-0.15, -0.1) is 0 Å². The third kappa shape index (κ3) is 2.30. The summed E-state index contributed by atoms with van der Waals surface area (Å²) >= 11 is 6.85. The highest BCUT2D eigenvalue weighted by atomic mass is 79.9. The van der Waals surface area contributed by atoms with Crippen molar-refractivity contribution in [1.29, 1.82) is 0 Å². The van der Waals surface area contributed by atoms with Crippen molar-refractivity contribution < 1.29 is 4.52 Å². The van der Waals surface area contributed by atoms with E-state index in [1.54, 1.807) is 0 Å². The third-order valence-electron chi connectivity index (χ3n) is 1.98.